The Morgan fingerprint density at radius 1 is 1.12 bits per heavy atom. The van der Waals surface area contributed by atoms with Gasteiger partial charge in [0.15, 0.2) is 11.5 Å². The van der Waals surface area contributed by atoms with E-state index in [1.807, 2.05) is 30.3 Å². The largest absolute Gasteiger partial charge is 0.416 e. The van der Waals surface area contributed by atoms with Crippen molar-refractivity contribution >= 4 is 5.91 Å². The number of nitrogens with zero attached hydrogens (tertiary/aromatic N) is 3. The summed E-state index contributed by atoms with van der Waals surface area (Å²) in [4.78, 5) is 27.0. The van der Waals surface area contributed by atoms with E-state index < -0.39 is 29.4 Å². The van der Waals surface area contributed by atoms with E-state index >= 15 is 0 Å². The summed E-state index contributed by atoms with van der Waals surface area (Å²) in [5, 5.41) is 13.2. The van der Waals surface area contributed by atoms with E-state index in [4.69, 9.17) is 0 Å². The molecule has 0 radical (unpaired) electrons. The lowest BCUT2D eigenvalue weighted by Gasteiger charge is -2.15. The summed E-state index contributed by atoms with van der Waals surface area (Å²) in [6.45, 7) is 1.64. The van der Waals surface area contributed by atoms with Gasteiger partial charge in [-0.25, -0.2) is 14.6 Å². The van der Waals surface area contributed by atoms with Crippen LogP contribution in [0, 0.1) is 6.92 Å². The van der Waals surface area contributed by atoms with E-state index in [0.29, 0.717) is 12.1 Å². The number of aryl methyl sites for hydroxylation is 1. The van der Waals surface area contributed by atoms with Crippen LogP contribution in [0.15, 0.2) is 65.5 Å². The number of aromatic amines is 2. The topological polar surface area (TPSA) is 108 Å². The third-order valence-electron chi connectivity index (χ3n) is 4.98. The van der Waals surface area contributed by atoms with Crippen molar-refractivity contribution in [2.75, 3.05) is 0 Å². The average Bonchev–Trinajstić information content (AvgIpc) is 3.39. The number of hydrogen-bond donors (Lipinski definition) is 3. The van der Waals surface area contributed by atoms with E-state index in [-0.39, 0.29) is 17.2 Å². The number of benzene rings is 2. The molecule has 170 valence electrons. The van der Waals surface area contributed by atoms with Crippen LogP contribution >= 0.6 is 0 Å². The van der Waals surface area contributed by atoms with Crippen molar-refractivity contribution in [2.24, 2.45) is 0 Å². The van der Waals surface area contributed by atoms with Crippen LogP contribution in [0.5, 0.6) is 0 Å². The maximum Gasteiger partial charge on any atom is 0.416 e. The Morgan fingerprint density at radius 2 is 1.88 bits per heavy atom. The lowest BCUT2D eigenvalue weighted by atomic mass is 10.1. The monoisotopic (exact) mass is 456 g/mol. The zero-order valence-electron chi connectivity index (χ0n) is 17.3. The number of nitrogens with one attached hydrogen (secondary N) is 3. The summed E-state index contributed by atoms with van der Waals surface area (Å²) in [5.74, 6) is -0.320. The van der Waals surface area contributed by atoms with Gasteiger partial charge in [0, 0.05) is 5.69 Å². The minimum absolute atomic E-state index is 0.0147. The minimum Gasteiger partial charge on any atom is -0.340 e. The van der Waals surface area contributed by atoms with Crippen LogP contribution < -0.4 is 11.0 Å². The van der Waals surface area contributed by atoms with E-state index in [1.54, 1.807) is 6.92 Å². The van der Waals surface area contributed by atoms with Crippen LogP contribution in [0.2, 0.25) is 0 Å². The van der Waals surface area contributed by atoms with Crippen LogP contribution in [-0.2, 0) is 12.6 Å². The summed E-state index contributed by atoms with van der Waals surface area (Å²) >= 11 is 0. The first kappa shape index (κ1) is 22.1. The van der Waals surface area contributed by atoms with Crippen molar-refractivity contribution in [3.05, 3.63) is 99.5 Å². The number of hydrogen-bond acceptors (Lipinski definition) is 4. The molecule has 0 saturated heterocycles. The molecule has 0 aliphatic heterocycles. The quantitative estimate of drug-likeness (QED) is 0.414. The first-order valence-corrected chi connectivity index (χ1v) is 9.94. The fourth-order valence-corrected chi connectivity index (χ4v) is 3.41. The number of carbonyl (C=O) groups is 1. The van der Waals surface area contributed by atoms with Crippen LogP contribution in [0.1, 0.15) is 39.2 Å². The Balaban J connectivity index is 1.60. The molecule has 1 atom stereocenters. The van der Waals surface area contributed by atoms with E-state index in [9.17, 15) is 22.8 Å². The summed E-state index contributed by atoms with van der Waals surface area (Å²) in [5.41, 5.74) is 0.248. The molecule has 0 spiro atoms. The molecule has 2 aromatic carbocycles. The first-order chi connectivity index (χ1) is 15.7. The second kappa shape index (κ2) is 8.77. The fourth-order valence-electron chi connectivity index (χ4n) is 3.41. The Kier molecular flexibility index (Phi) is 5.86. The number of H-pyrrole nitrogens is 2. The Morgan fingerprint density at radius 3 is 2.55 bits per heavy atom. The van der Waals surface area contributed by atoms with Crippen molar-refractivity contribution in [3.63, 3.8) is 0 Å². The van der Waals surface area contributed by atoms with Crippen molar-refractivity contribution in [1.29, 1.82) is 0 Å². The molecule has 0 fully saturated rings. The van der Waals surface area contributed by atoms with Gasteiger partial charge in [0.1, 0.15) is 0 Å². The van der Waals surface area contributed by atoms with Gasteiger partial charge in [-0.15, -0.1) is 0 Å². The second-order valence-electron chi connectivity index (χ2n) is 7.41. The Labute approximate surface area is 185 Å². The molecule has 2 aromatic heterocycles. The predicted molar refractivity (Wildman–Crippen MR) is 113 cm³/mol. The Bertz CT molecular complexity index is 1320. The second-order valence-corrected chi connectivity index (χ2v) is 7.41. The zero-order valence-corrected chi connectivity index (χ0v) is 17.3. The number of aromatic nitrogens is 5. The van der Waals surface area contributed by atoms with Gasteiger partial charge in [-0.05, 0) is 43.2 Å². The number of alkyl halides is 3. The van der Waals surface area contributed by atoms with Crippen molar-refractivity contribution in [1.82, 2.24) is 30.3 Å². The third-order valence-corrected chi connectivity index (χ3v) is 4.98. The average molecular weight is 456 g/mol. The lowest BCUT2D eigenvalue weighted by molar-refractivity contribution is -0.137. The molecule has 33 heavy (non-hydrogen) atoms. The molecule has 11 heteroatoms. The summed E-state index contributed by atoms with van der Waals surface area (Å²) < 4.78 is 40.5. The zero-order chi connectivity index (χ0) is 23.6. The van der Waals surface area contributed by atoms with E-state index in [2.05, 4.69) is 25.6 Å². The molecule has 0 bridgehead atoms. The molecule has 1 unspecified atom stereocenters. The third kappa shape index (κ3) is 5.03. The van der Waals surface area contributed by atoms with Crippen LogP contribution in [0.25, 0.3) is 5.69 Å². The van der Waals surface area contributed by atoms with Gasteiger partial charge >= 0.3 is 11.9 Å². The van der Waals surface area contributed by atoms with Gasteiger partial charge < -0.3 is 5.32 Å². The number of carbonyl (C=O) groups excluding carboxylic acids is 1. The van der Waals surface area contributed by atoms with Crippen molar-refractivity contribution < 1.29 is 18.0 Å². The maximum absolute atomic E-state index is 13.1. The van der Waals surface area contributed by atoms with Crippen LogP contribution in [0.3, 0.4) is 0 Å². The van der Waals surface area contributed by atoms with Gasteiger partial charge in [-0.2, -0.15) is 23.4 Å². The molecule has 2 heterocycles. The molecule has 4 rings (SSSR count). The minimum atomic E-state index is -4.50. The van der Waals surface area contributed by atoms with Gasteiger partial charge in [0.25, 0.3) is 5.91 Å². The predicted octanol–water partition coefficient (Wildman–Crippen LogP) is 3.32. The normalized spacial score (nSPS) is 12.5. The molecule has 0 aliphatic rings. The molecule has 3 N–H and O–H groups in total. The van der Waals surface area contributed by atoms with Gasteiger partial charge in [-0.3, -0.25) is 9.78 Å². The molecule has 4 aromatic rings. The highest BCUT2D eigenvalue weighted by atomic mass is 19.4. The van der Waals surface area contributed by atoms with E-state index in [0.717, 1.165) is 17.7 Å². The lowest BCUT2D eigenvalue weighted by Crippen LogP contribution is -2.31. The maximum atomic E-state index is 13.1. The van der Waals surface area contributed by atoms with Crippen LogP contribution in [-0.4, -0.2) is 30.9 Å². The summed E-state index contributed by atoms with van der Waals surface area (Å²) in [7, 11) is 0. The standard InChI is InChI=1S/C22H19F3N6O2/c1-13-10-18(30-31(13)16-9-5-8-15(12-16)22(23,24)25)20(32)26-17(19-27-21(33)29-28-19)11-14-6-3-2-4-7-14/h2-10,12,17H,11H2,1H3,(H,26,32)(H2,27,28,29,33). The van der Waals surface area contributed by atoms with Gasteiger partial charge in [-0.1, -0.05) is 36.4 Å². The van der Waals surface area contributed by atoms with E-state index in [1.165, 1.54) is 22.9 Å². The number of amides is 1. The first-order valence-electron chi connectivity index (χ1n) is 9.94. The molecule has 1 amide bonds. The SMILES string of the molecule is Cc1cc(C(=O)NC(Cc2ccccc2)c2n[nH]c(=O)[nH]2)nn1-c1cccc(C(F)(F)F)c1. The molecular weight excluding hydrogens is 437 g/mol. The number of rotatable bonds is 6. The highest BCUT2D eigenvalue weighted by Crippen LogP contribution is 2.30. The summed E-state index contributed by atoms with van der Waals surface area (Å²) in [6.07, 6.45) is -4.15. The molecule has 0 aliphatic carbocycles. The van der Waals surface area contributed by atoms with Gasteiger partial charge in [0.2, 0.25) is 0 Å². The number of halogens is 3. The highest BCUT2D eigenvalue weighted by molar-refractivity contribution is 5.92. The highest BCUT2D eigenvalue weighted by Gasteiger charge is 2.31. The molecule has 0 saturated carbocycles. The van der Waals surface area contributed by atoms with Crippen LogP contribution in [0.4, 0.5) is 13.2 Å². The fraction of sp³-hybridized carbons (Fsp3) is 0.182. The van der Waals surface area contributed by atoms with Crippen molar-refractivity contribution in [2.45, 2.75) is 25.6 Å². The smallest absolute Gasteiger partial charge is 0.340 e. The molecular formula is C22H19F3N6O2. The molecule has 8 nitrogen and oxygen atoms in total. The Hall–Kier alpha value is -4.15. The van der Waals surface area contributed by atoms with Gasteiger partial charge in [0.05, 0.1) is 17.3 Å². The van der Waals surface area contributed by atoms with Crippen molar-refractivity contribution in [3.8, 4) is 5.69 Å². The summed E-state index contributed by atoms with van der Waals surface area (Å²) in [6, 6.07) is 14.8.